The summed E-state index contributed by atoms with van der Waals surface area (Å²) in [5, 5.41) is 8.96. The van der Waals surface area contributed by atoms with Crippen molar-refractivity contribution >= 4 is 5.69 Å². The van der Waals surface area contributed by atoms with Gasteiger partial charge in [0.2, 0.25) is 0 Å². The molecule has 0 saturated carbocycles. The van der Waals surface area contributed by atoms with Gasteiger partial charge in [-0.05, 0) is 48.9 Å². The van der Waals surface area contributed by atoms with E-state index in [4.69, 9.17) is 10.8 Å². The molecule has 3 nitrogen and oxygen atoms in total. The van der Waals surface area contributed by atoms with Crippen LogP contribution in [0.15, 0.2) is 18.2 Å². The molecule has 1 aliphatic heterocycles. The fourth-order valence-electron chi connectivity index (χ4n) is 2.59. The molecule has 1 aliphatic rings. The van der Waals surface area contributed by atoms with E-state index in [1.807, 2.05) is 0 Å². The monoisotopic (exact) mass is 234 g/mol. The highest BCUT2D eigenvalue weighted by Gasteiger charge is 2.22. The van der Waals surface area contributed by atoms with Gasteiger partial charge in [-0.15, -0.1) is 0 Å². The Hall–Kier alpha value is -1.06. The number of anilines is 1. The molecule has 0 amide bonds. The molecule has 1 fully saturated rings. The molecule has 0 spiro atoms. The minimum absolute atomic E-state index is 0.309. The maximum absolute atomic E-state index is 8.96. The summed E-state index contributed by atoms with van der Waals surface area (Å²) in [5.74, 6) is 0.648. The lowest BCUT2D eigenvalue weighted by atomic mass is 10.1. The molecule has 0 aromatic heterocycles. The summed E-state index contributed by atoms with van der Waals surface area (Å²) >= 11 is 0. The van der Waals surface area contributed by atoms with Gasteiger partial charge in [-0.3, -0.25) is 0 Å². The van der Waals surface area contributed by atoms with Crippen LogP contribution in [0.5, 0.6) is 0 Å². The van der Waals surface area contributed by atoms with Crippen molar-refractivity contribution in [1.82, 2.24) is 0 Å². The predicted octanol–water partition coefficient (Wildman–Crippen LogP) is 1.66. The standard InChI is InChI=1S/C14H22N2O/c1-11-8-14(3-2-13(11)9-15)16-6-4-12(10-16)5-7-17/h2-3,8,12,17H,4-7,9-10,15H2,1H3. The summed E-state index contributed by atoms with van der Waals surface area (Å²) in [7, 11) is 0. The summed E-state index contributed by atoms with van der Waals surface area (Å²) in [4.78, 5) is 2.41. The summed E-state index contributed by atoms with van der Waals surface area (Å²) in [6, 6.07) is 6.52. The smallest absolute Gasteiger partial charge is 0.0434 e. The summed E-state index contributed by atoms with van der Waals surface area (Å²) in [6.07, 6.45) is 2.12. The molecular weight excluding hydrogens is 212 g/mol. The Morgan fingerprint density at radius 3 is 2.94 bits per heavy atom. The average molecular weight is 234 g/mol. The Balaban J connectivity index is 2.06. The van der Waals surface area contributed by atoms with Gasteiger partial charge in [0.25, 0.3) is 0 Å². The topological polar surface area (TPSA) is 49.5 Å². The van der Waals surface area contributed by atoms with Crippen LogP contribution in [0.4, 0.5) is 5.69 Å². The Bertz CT molecular complexity index is 378. The fourth-order valence-corrected chi connectivity index (χ4v) is 2.59. The van der Waals surface area contributed by atoms with Crippen molar-refractivity contribution in [2.75, 3.05) is 24.6 Å². The molecule has 1 atom stereocenters. The van der Waals surface area contributed by atoms with Crippen LogP contribution in [0.3, 0.4) is 0 Å². The van der Waals surface area contributed by atoms with Crippen LogP contribution in [0.25, 0.3) is 0 Å². The highest BCUT2D eigenvalue weighted by atomic mass is 16.3. The van der Waals surface area contributed by atoms with Crippen LogP contribution in [0.2, 0.25) is 0 Å². The number of hydrogen-bond donors (Lipinski definition) is 2. The van der Waals surface area contributed by atoms with E-state index in [-0.39, 0.29) is 0 Å². The minimum Gasteiger partial charge on any atom is -0.396 e. The molecule has 0 aliphatic carbocycles. The van der Waals surface area contributed by atoms with Gasteiger partial charge >= 0.3 is 0 Å². The predicted molar refractivity (Wildman–Crippen MR) is 71.1 cm³/mol. The van der Waals surface area contributed by atoms with Crippen LogP contribution >= 0.6 is 0 Å². The molecule has 2 rings (SSSR count). The van der Waals surface area contributed by atoms with Crippen LogP contribution in [0.1, 0.15) is 24.0 Å². The fraction of sp³-hybridized carbons (Fsp3) is 0.571. The van der Waals surface area contributed by atoms with Crippen molar-refractivity contribution in [2.24, 2.45) is 11.7 Å². The second-order valence-electron chi connectivity index (χ2n) is 4.93. The van der Waals surface area contributed by atoms with Crippen molar-refractivity contribution in [3.05, 3.63) is 29.3 Å². The Labute approximate surface area is 103 Å². The first-order chi connectivity index (χ1) is 8.24. The lowest BCUT2D eigenvalue weighted by Gasteiger charge is -2.20. The van der Waals surface area contributed by atoms with E-state index in [1.54, 1.807) is 0 Å². The van der Waals surface area contributed by atoms with Crippen molar-refractivity contribution < 1.29 is 5.11 Å². The third-order valence-corrected chi connectivity index (χ3v) is 3.73. The first-order valence-electron chi connectivity index (χ1n) is 6.40. The van der Waals surface area contributed by atoms with Gasteiger partial charge in [0.15, 0.2) is 0 Å². The van der Waals surface area contributed by atoms with Crippen LogP contribution in [-0.4, -0.2) is 24.8 Å². The van der Waals surface area contributed by atoms with Gasteiger partial charge in [-0.1, -0.05) is 6.07 Å². The lowest BCUT2D eigenvalue weighted by Crippen LogP contribution is -2.20. The zero-order valence-corrected chi connectivity index (χ0v) is 10.5. The zero-order valence-electron chi connectivity index (χ0n) is 10.5. The molecule has 1 unspecified atom stereocenters. The average Bonchev–Trinajstić information content (AvgIpc) is 2.78. The van der Waals surface area contributed by atoms with Crippen LogP contribution < -0.4 is 10.6 Å². The molecular formula is C14H22N2O. The molecule has 17 heavy (non-hydrogen) atoms. The van der Waals surface area contributed by atoms with Gasteiger partial charge in [0, 0.05) is 31.9 Å². The highest BCUT2D eigenvalue weighted by molar-refractivity contribution is 5.51. The molecule has 0 radical (unpaired) electrons. The van der Waals surface area contributed by atoms with Crippen LogP contribution in [0, 0.1) is 12.8 Å². The van der Waals surface area contributed by atoms with Gasteiger partial charge in [-0.2, -0.15) is 0 Å². The Morgan fingerprint density at radius 2 is 2.29 bits per heavy atom. The highest BCUT2D eigenvalue weighted by Crippen LogP contribution is 2.27. The second kappa shape index (κ2) is 5.52. The van der Waals surface area contributed by atoms with Crippen LogP contribution in [-0.2, 0) is 6.54 Å². The molecule has 3 N–H and O–H groups in total. The third kappa shape index (κ3) is 2.79. The van der Waals surface area contributed by atoms with E-state index >= 15 is 0 Å². The minimum atomic E-state index is 0.309. The summed E-state index contributed by atoms with van der Waals surface area (Å²) < 4.78 is 0. The number of aryl methyl sites for hydroxylation is 1. The van der Waals surface area contributed by atoms with Gasteiger partial charge in [0.1, 0.15) is 0 Å². The first kappa shape index (κ1) is 12.4. The van der Waals surface area contributed by atoms with Crippen molar-refractivity contribution in [3.8, 4) is 0 Å². The van der Waals surface area contributed by atoms with Gasteiger partial charge in [-0.25, -0.2) is 0 Å². The third-order valence-electron chi connectivity index (χ3n) is 3.73. The number of aliphatic hydroxyl groups is 1. The molecule has 0 bridgehead atoms. The van der Waals surface area contributed by atoms with E-state index < -0.39 is 0 Å². The number of benzene rings is 1. The number of aliphatic hydroxyl groups excluding tert-OH is 1. The number of nitrogens with two attached hydrogens (primary N) is 1. The largest absolute Gasteiger partial charge is 0.396 e. The molecule has 3 heteroatoms. The summed E-state index contributed by atoms with van der Waals surface area (Å²) in [6.45, 7) is 5.21. The van der Waals surface area contributed by atoms with E-state index in [0.29, 0.717) is 19.1 Å². The van der Waals surface area contributed by atoms with Gasteiger partial charge in [0.05, 0.1) is 0 Å². The number of nitrogens with zero attached hydrogens (tertiary/aromatic N) is 1. The molecule has 1 aromatic rings. The molecule has 1 aromatic carbocycles. The number of hydrogen-bond acceptors (Lipinski definition) is 3. The second-order valence-corrected chi connectivity index (χ2v) is 4.93. The summed E-state index contributed by atoms with van der Waals surface area (Å²) in [5.41, 5.74) is 9.46. The van der Waals surface area contributed by atoms with E-state index in [2.05, 4.69) is 30.0 Å². The van der Waals surface area contributed by atoms with Gasteiger partial charge < -0.3 is 15.7 Å². The Kier molecular flexibility index (Phi) is 4.02. The number of rotatable bonds is 4. The maximum Gasteiger partial charge on any atom is 0.0434 e. The van der Waals surface area contributed by atoms with E-state index in [9.17, 15) is 0 Å². The van der Waals surface area contributed by atoms with E-state index in [1.165, 1.54) is 23.2 Å². The van der Waals surface area contributed by atoms with Crippen molar-refractivity contribution in [3.63, 3.8) is 0 Å². The molecule has 1 saturated heterocycles. The molecule has 1 heterocycles. The SMILES string of the molecule is Cc1cc(N2CCC(CCO)C2)ccc1CN. The Morgan fingerprint density at radius 1 is 1.47 bits per heavy atom. The lowest BCUT2D eigenvalue weighted by molar-refractivity contribution is 0.263. The van der Waals surface area contributed by atoms with E-state index in [0.717, 1.165) is 19.5 Å². The van der Waals surface area contributed by atoms with Crippen molar-refractivity contribution in [2.45, 2.75) is 26.3 Å². The zero-order chi connectivity index (χ0) is 12.3. The first-order valence-corrected chi connectivity index (χ1v) is 6.40. The van der Waals surface area contributed by atoms with Crippen molar-refractivity contribution in [1.29, 1.82) is 0 Å². The quantitative estimate of drug-likeness (QED) is 0.833. The maximum atomic E-state index is 8.96. The normalized spacial score (nSPS) is 19.9. The molecule has 94 valence electrons.